The van der Waals surface area contributed by atoms with Gasteiger partial charge in [0.2, 0.25) is 5.91 Å². The molecule has 1 heterocycles. The lowest BCUT2D eigenvalue weighted by Gasteiger charge is -2.08. The molecule has 0 aliphatic heterocycles. The van der Waals surface area contributed by atoms with Crippen molar-refractivity contribution >= 4 is 32.6 Å². The van der Waals surface area contributed by atoms with Gasteiger partial charge in [-0.25, -0.2) is 4.98 Å². The van der Waals surface area contributed by atoms with Crippen LogP contribution in [0.15, 0.2) is 18.2 Å². The van der Waals surface area contributed by atoms with Gasteiger partial charge < -0.3 is 15.4 Å². The molecule has 1 aromatic heterocycles. The van der Waals surface area contributed by atoms with Gasteiger partial charge in [0.1, 0.15) is 5.75 Å². The Bertz CT molecular complexity index is 658. The van der Waals surface area contributed by atoms with Crippen LogP contribution in [0.5, 0.6) is 5.75 Å². The molecule has 0 fully saturated rings. The minimum absolute atomic E-state index is 0.113. The van der Waals surface area contributed by atoms with Crippen molar-refractivity contribution in [2.24, 2.45) is 0 Å². The lowest BCUT2D eigenvalue weighted by Crippen LogP contribution is -2.19. The molecule has 0 bridgehead atoms. The molecule has 22 heavy (non-hydrogen) atoms. The van der Waals surface area contributed by atoms with Crippen LogP contribution in [0.4, 0.5) is 18.3 Å². The molecule has 2 N–H and O–H groups in total. The number of rotatable bonds is 6. The molecule has 0 unspecified atom stereocenters. The van der Waals surface area contributed by atoms with Crippen molar-refractivity contribution in [3.05, 3.63) is 18.2 Å². The fraction of sp³-hybridized carbons (Fsp3) is 0.385. The Balaban J connectivity index is 2.05. The van der Waals surface area contributed by atoms with Crippen LogP contribution < -0.4 is 15.4 Å². The van der Waals surface area contributed by atoms with E-state index in [1.807, 2.05) is 0 Å². The van der Waals surface area contributed by atoms with E-state index < -0.39 is 12.8 Å². The molecule has 0 spiro atoms. The molecule has 1 amide bonds. The van der Waals surface area contributed by atoms with E-state index in [1.54, 1.807) is 13.1 Å². The van der Waals surface area contributed by atoms with Crippen LogP contribution >= 0.6 is 11.3 Å². The summed E-state index contributed by atoms with van der Waals surface area (Å²) in [5, 5.41) is 5.91. The van der Waals surface area contributed by atoms with Crippen LogP contribution in [0.1, 0.15) is 6.42 Å². The summed E-state index contributed by atoms with van der Waals surface area (Å²) in [5.74, 6) is -0.0662. The number of nitrogens with one attached hydrogen (secondary N) is 2. The SMILES string of the molecule is CNCCC(=O)Nc1nc2ccc(OCC(F)(F)F)cc2s1. The van der Waals surface area contributed by atoms with Crippen molar-refractivity contribution in [3.63, 3.8) is 0 Å². The Morgan fingerprint density at radius 3 is 2.86 bits per heavy atom. The van der Waals surface area contributed by atoms with E-state index in [-0.39, 0.29) is 11.7 Å². The maximum Gasteiger partial charge on any atom is 0.422 e. The van der Waals surface area contributed by atoms with E-state index in [9.17, 15) is 18.0 Å². The largest absolute Gasteiger partial charge is 0.484 e. The first kappa shape index (κ1) is 16.5. The maximum atomic E-state index is 12.1. The van der Waals surface area contributed by atoms with Gasteiger partial charge in [-0.3, -0.25) is 4.79 Å². The van der Waals surface area contributed by atoms with E-state index >= 15 is 0 Å². The van der Waals surface area contributed by atoms with Crippen molar-refractivity contribution in [3.8, 4) is 5.75 Å². The van der Waals surface area contributed by atoms with Crippen molar-refractivity contribution in [2.75, 3.05) is 25.5 Å². The number of thiazole rings is 1. The van der Waals surface area contributed by atoms with E-state index in [0.717, 1.165) is 0 Å². The molecule has 0 aliphatic rings. The second-order valence-electron chi connectivity index (χ2n) is 4.45. The molecule has 0 saturated heterocycles. The van der Waals surface area contributed by atoms with Gasteiger partial charge in [-0.1, -0.05) is 11.3 Å². The molecule has 0 aliphatic carbocycles. The molecular weight excluding hydrogens is 319 g/mol. The lowest BCUT2D eigenvalue weighted by molar-refractivity contribution is -0.153. The third kappa shape index (κ3) is 4.85. The molecule has 120 valence electrons. The topological polar surface area (TPSA) is 63.2 Å². The average molecular weight is 333 g/mol. The number of anilines is 1. The highest BCUT2D eigenvalue weighted by atomic mass is 32.1. The van der Waals surface area contributed by atoms with Gasteiger partial charge in [0, 0.05) is 13.0 Å². The third-order valence-electron chi connectivity index (χ3n) is 2.61. The summed E-state index contributed by atoms with van der Waals surface area (Å²) in [6.07, 6.45) is -4.07. The predicted octanol–water partition coefficient (Wildman–Crippen LogP) is 2.79. The van der Waals surface area contributed by atoms with Gasteiger partial charge in [-0.05, 0) is 25.2 Å². The predicted molar refractivity (Wildman–Crippen MR) is 78.3 cm³/mol. The zero-order valence-corrected chi connectivity index (χ0v) is 12.5. The van der Waals surface area contributed by atoms with Gasteiger partial charge in [-0.2, -0.15) is 13.2 Å². The van der Waals surface area contributed by atoms with Gasteiger partial charge >= 0.3 is 6.18 Å². The van der Waals surface area contributed by atoms with Crippen LogP contribution in [0.3, 0.4) is 0 Å². The first-order valence-corrected chi connectivity index (χ1v) is 7.23. The number of carbonyl (C=O) groups is 1. The summed E-state index contributed by atoms with van der Waals surface area (Å²) in [7, 11) is 1.74. The van der Waals surface area contributed by atoms with E-state index in [2.05, 4.69) is 20.4 Å². The highest BCUT2D eigenvalue weighted by molar-refractivity contribution is 7.22. The van der Waals surface area contributed by atoms with Gasteiger partial charge in [0.25, 0.3) is 0 Å². The van der Waals surface area contributed by atoms with Crippen molar-refractivity contribution in [1.29, 1.82) is 0 Å². The number of hydrogen-bond donors (Lipinski definition) is 2. The molecule has 1 aromatic carbocycles. The van der Waals surface area contributed by atoms with Crippen LogP contribution in [0.2, 0.25) is 0 Å². The zero-order valence-electron chi connectivity index (χ0n) is 11.7. The summed E-state index contributed by atoms with van der Waals surface area (Å²) < 4.78 is 41.7. The monoisotopic (exact) mass is 333 g/mol. The summed E-state index contributed by atoms with van der Waals surface area (Å²) in [6.45, 7) is -0.795. The van der Waals surface area contributed by atoms with E-state index in [0.29, 0.717) is 28.3 Å². The summed E-state index contributed by atoms with van der Waals surface area (Å²) in [4.78, 5) is 15.8. The van der Waals surface area contributed by atoms with E-state index in [1.165, 1.54) is 23.5 Å². The fourth-order valence-corrected chi connectivity index (χ4v) is 2.54. The number of alkyl halides is 3. The Hall–Kier alpha value is -1.87. The first-order chi connectivity index (χ1) is 10.4. The number of nitrogens with zero attached hydrogens (tertiary/aromatic N) is 1. The number of carbonyl (C=O) groups excluding carboxylic acids is 1. The van der Waals surface area contributed by atoms with Gasteiger partial charge in [0.05, 0.1) is 10.2 Å². The second kappa shape index (κ2) is 6.93. The Morgan fingerprint density at radius 2 is 2.18 bits per heavy atom. The average Bonchev–Trinajstić information content (AvgIpc) is 2.83. The zero-order chi connectivity index (χ0) is 16.2. The molecule has 0 radical (unpaired) electrons. The maximum absolute atomic E-state index is 12.1. The molecule has 9 heteroatoms. The number of halogens is 3. The molecule has 2 rings (SSSR count). The van der Waals surface area contributed by atoms with Gasteiger partial charge in [-0.15, -0.1) is 0 Å². The number of ether oxygens (including phenoxy) is 1. The number of amides is 1. The molecule has 0 saturated carbocycles. The number of hydrogen-bond acceptors (Lipinski definition) is 5. The van der Waals surface area contributed by atoms with Crippen LogP contribution in [0, 0.1) is 0 Å². The molecule has 2 aromatic rings. The smallest absolute Gasteiger partial charge is 0.422 e. The number of fused-ring (bicyclic) bond motifs is 1. The van der Waals surface area contributed by atoms with Crippen molar-refractivity contribution < 1.29 is 22.7 Å². The molecule has 5 nitrogen and oxygen atoms in total. The molecular formula is C13H14F3N3O2S. The van der Waals surface area contributed by atoms with Crippen LogP contribution in [0.25, 0.3) is 10.2 Å². The highest BCUT2D eigenvalue weighted by Gasteiger charge is 2.28. The minimum atomic E-state index is -4.38. The first-order valence-electron chi connectivity index (χ1n) is 6.42. The minimum Gasteiger partial charge on any atom is -0.484 e. The van der Waals surface area contributed by atoms with Crippen molar-refractivity contribution in [1.82, 2.24) is 10.3 Å². The number of aromatic nitrogens is 1. The third-order valence-corrected chi connectivity index (χ3v) is 3.54. The Morgan fingerprint density at radius 1 is 1.41 bits per heavy atom. The van der Waals surface area contributed by atoms with Gasteiger partial charge in [0.15, 0.2) is 11.7 Å². The quantitative estimate of drug-likeness (QED) is 0.853. The second-order valence-corrected chi connectivity index (χ2v) is 5.48. The van der Waals surface area contributed by atoms with Crippen molar-refractivity contribution in [2.45, 2.75) is 12.6 Å². The van der Waals surface area contributed by atoms with Crippen LogP contribution in [-0.2, 0) is 4.79 Å². The van der Waals surface area contributed by atoms with Crippen LogP contribution in [-0.4, -0.2) is 37.3 Å². The lowest BCUT2D eigenvalue weighted by atomic mass is 10.3. The fourth-order valence-electron chi connectivity index (χ4n) is 1.63. The molecule has 0 atom stereocenters. The normalized spacial score (nSPS) is 11.6. The van der Waals surface area contributed by atoms with E-state index in [4.69, 9.17) is 0 Å². The summed E-state index contributed by atoms with van der Waals surface area (Å²) >= 11 is 1.18. The Kier molecular flexibility index (Phi) is 5.19. The standard InChI is InChI=1S/C13H14F3N3O2S/c1-17-5-4-11(20)19-12-18-9-3-2-8(6-10(9)22-12)21-7-13(14,15)16/h2-3,6,17H,4-5,7H2,1H3,(H,18,19,20). The summed E-state index contributed by atoms with van der Waals surface area (Å²) in [5.41, 5.74) is 0.591. The Labute approximate surface area is 128 Å². The highest BCUT2D eigenvalue weighted by Crippen LogP contribution is 2.30. The summed E-state index contributed by atoms with van der Waals surface area (Å²) in [6, 6.07) is 4.45. The number of benzene rings is 1.